The smallest absolute Gasteiger partial charge is 0.254 e. The highest BCUT2D eigenvalue weighted by Gasteiger charge is 2.28. The third-order valence-corrected chi connectivity index (χ3v) is 7.21. The molecular formula is C27H31N5O. The number of hydrogen-bond acceptors (Lipinski definition) is 3. The van der Waals surface area contributed by atoms with Gasteiger partial charge in [-0.15, -0.1) is 0 Å². The molecule has 33 heavy (non-hydrogen) atoms. The van der Waals surface area contributed by atoms with Crippen molar-refractivity contribution in [2.24, 2.45) is 18.7 Å². The number of nitrogens with zero attached hydrogens (tertiary/aromatic N) is 4. The van der Waals surface area contributed by atoms with Crippen molar-refractivity contribution in [3.8, 4) is 11.5 Å². The number of hydrogen-bond donors (Lipinski definition) is 1. The number of rotatable bonds is 5. The van der Waals surface area contributed by atoms with E-state index in [1.165, 1.54) is 29.3 Å². The number of carbonyl (C=O) groups is 1. The van der Waals surface area contributed by atoms with Gasteiger partial charge in [-0.05, 0) is 74.9 Å². The van der Waals surface area contributed by atoms with Crippen LogP contribution < -0.4 is 5.73 Å². The number of nitrogens with two attached hydrogens (primary N) is 1. The van der Waals surface area contributed by atoms with Gasteiger partial charge in [0.25, 0.3) is 5.91 Å². The van der Waals surface area contributed by atoms with Gasteiger partial charge < -0.3 is 19.8 Å². The van der Waals surface area contributed by atoms with Crippen LogP contribution in [0, 0.1) is 12.8 Å². The van der Waals surface area contributed by atoms with E-state index < -0.39 is 0 Å². The Bertz CT molecular complexity index is 1410. The van der Waals surface area contributed by atoms with Gasteiger partial charge >= 0.3 is 0 Å². The fourth-order valence-electron chi connectivity index (χ4n) is 5.30. The summed E-state index contributed by atoms with van der Waals surface area (Å²) in [5, 5.41) is 1.26. The average Bonchev–Trinajstić information content (AvgIpc) is 3.46. The van der Waals surface area contributed by atoms with Crippen LogP contribution in [0.25, 0.3) is 33.5 Å². The summed E-state index contributed by atoms with van der Waals surface area (Å²) in [6.45, 7) is 6.43. The van der Waals surface area contributed by atoms with E-state index in [0.29, 0.717) is 6.54 Å². The normalized spacial score (nSPS) is 17.2. The van der Waals surface area contributed by atoms with E-state index in [2.05, 4.69) is 53.4 Å². The molecule has 170 valence electrons. The number of aromatic nitrogens is 3. The fraction of sp³-hybridized carbons (Fsp3) is 0.407. The summed E-state index contributed by atoms with van der Waals surface area (Å²) >= 11 is 0. The van der Waals surface area contributed by atoms with Crippen LogP contribution in [0.15, 0.2) is 36.4 Å². The lowest BCUT2D eigenvalue weighted by atomic mass is 9.97. The first kappa shape index (κ1) is 20.5. The quantitative estimate of drug-likeness (QED) is 0.503. The molecule has 2 aliphatic rings. The molecule has 1 amide bonds. The molecule has 0 saturated heterocycles. The second-order valence-electron chi connectivity index (χ2n) is 10.1. The van der Waals surface area contributed by atoms with Crippen LogP contribution >= 0.6 is 0 Å². The Morgan fingerprint density at radius 2 is 1.97 bits per heavy atom. The van der Waals surface area contributed by atoms with Crippen LogP contribution in [0.2, 0.25) is 0 Å². The van der Waals surface area contributed by atoms with E-state index in [-0.39, 0.29) is 11.9 Å². The summed E-state index contributed by atoms with van der Waals surface area (Å²) in [5.74, 6) is 1.79. The van der Waals surface area contributed by atoms with Gasteiger partial charge in [-0.1, -0.05) is 11.6 Å². The van der Waals surface area contributed by atoms with Crippen molar-refractivity contribution in [1.82, 2.24) is 19.0 Å². The summed E-state index contributed by atoms with van der Waals surface area (Å²) in [6, 6.07) is 13.1. The van der Waals surface area contributed by atoms with Gasteiger partial charge in [0.2, 0.25) is 0 Å². The van der Waals surface area contributed by atoms with Crippen LogP contribution in [0.5, 0.6) is 0 Å². The van der Waals surface area contributed by atoms with Crippen molar-refractivity contribution < 1.29 is 4.79 Å². The zero-order valence-corrected chi connectivity index (χ0v) is 19.6. The minimum absolute atomic E-state index is 0.0299. The van der Waals surface area contributed by atoms with Crippen LogP contribution in [0.1, 0.15) is 41.3 Å². The standard InChI is InChI=1S/C27H31N5O/c1-16-4-7-23-20(10-16)12-25(32(23)15-18-5-6-18)26-29-22-13-21-19(11-24(22)30(26)3)8-9-31(27(21)33)14-17(2)28/h4,7,10-13,17-18H,5-6,8-9,14-15,28H2,1-3H3/t17-/m1/s1. The highest BCUT2D eigenvalue weighted by Crippen LogP contribution is 2.37. The summed E-state index contributed by atoms with van der Waals surface area (Å²) in [6.07, 6.45) is 3.46. The first-order valence-electron chi connectivity index (χ1n) is 12.0. The number of aryl methyl sites for hydroxylation is 2. The topological polar surface area (TPSA) is 69.1 Å². The first-order valence-corrected chi connectivity index (χ1v) is 12.0. The van der Waals surface area contributed by atoms with Gasteiger partial charge in [0.05, 0.1) is 16.7 Å². The molecule has 0 spiro atoms. The molecule has 1 fully saturated rings. The van der Waals surface area contributed by atoms with Gasteiger partial charge in [-0.3, -0.25) is 4.79 Å². The van der Waals surface area contributed by atoms with Crippen molar-refractivity contribution in [3.05, 3.63) is 53.1 Å². The molecule has 2 aromatic heterocycles. The SMILES string of the molecule is Cc1ccc2c(c1)cc(-c1nc3cc4c(cc3n1C)CCN(C[C@@H](C)N)C4=O)n2CC1CC1. The average molecular weight is 442 g/mol. The number of carbonyl (C=O) groups excluding carboxylic acids is 1. The molecule has 3 heterocycles. The fourth-order valence-corrected chi connectivity index (χ4v) is 5.30. The first-order chi connectivity index (χ1) is 15.9. The molecule has 6 heteroatoms. The number of fused-ring (bicyclic) bond motifs is 3. The number of imidazole rings is 1. The van der Waals surface area contributed by atoms with Crippen LogP contribution in [0.4, 0.5) is 0 Å². The Hall–Kier alpha value is -3.12. The van der Waals surface area contributed by atoms with Crippen molar-refractivity contribution >= 4 is 27.8 Å². The van der Waals surface area contributed by atoms with Gasteiger partial charge in [0.15, 0.2) is 5.82 Å². The third kappa shape index (κ3) is 3.44. The van der Waals surface area contributed by atoms with Gasteiger partial charge in [-0.25, -0.2) is 4.98 Å². The van der Waals surface area contributed by atoms with Crippen LogP contribution in [-0.2, 0) is 20.0 Å². The lowest BCUT2D eigenvalue weighted by molar-refractivity contribution is 0.0732. The molecule has 2 N–H and O–H groups in total. The van der Waals surface area contributed by atoms with E-state index in [1.54, 1.807) is 0 Å². The lowest BCUT2D eigenvalue weighted by Gasteiger charge is -2.29. The Kier molecular flexibility index (Phi) is 4.63. The van der Waals surface area contributed by atoms with Gasteiger partial charge in [0.1, 0.15) is 0 Å². The van der Waals surface area contributed by atoms with Crippen molar-refractivity contribution in [1.29, 1.82) is 0 Å². The molecule has 1 atom stereocenters. The van der Waals surface area contributed by atoms with Gasteiger partial charge in [0, 0.05) is 49.2 Å². The monoisotopic (exact) mass is 441 g/mol. The highest BCUT2D eigenvalue weighted by molar-refractivity contribution is 6.00. The highest BCUT2D eigenvalue weighted by atomic mass is 16.2. The Morgan fingerprint density at radius 3 is 2.73 bits per heavy atom. The summed E-state index contributed by atoms with van der Waals surface area (Å²) in [7, 11) is 2.09. The lowest BCUT2D eigenvalue weighted by Crippen LogP contribution is -2.43. The molecule has 0 unspecified atom stereocenters. The zero-order chi connectivity index (χ0) is 22.9. The molecular weight excluding hydrogens is 410 g/mol. The molecule has 0 radical (unpaired) electrons. The second-order valence-corrected chi connectivity index (χ2v) is 10.1. The number of benzene rings is 2. The molecule has 1 aliphatic heterocycles. The summed E-state index contributed by atoms with van der Waals surface area (Å²) < 4.78 is 4.64. The molecule has 4 aromatic rings. The predicted molar refractivity (Wildman–Crippen MR) is 132 cm³/mol. The number of amides is 1. The maximum absolute atomic E-state index is 13.1. The predicted octanol–water partition coefficient (Wildman–Crippen LogP) is 4.26. The largest absolute Gasteiger partial charge is 0.338 e. The zero-order valence-electron chi connectivity index (χ0n) is 19.6. The minimum Gasteiger partial charge on any atom is -0.338 e. The van der Waals surface area contributed by atoms with E-state index >= 15 is 0 Å². The second kappa shape index (κ2) is 7.45. The Labute approximate surface area is 194 Å². The van der Waals surface area contributed by atoms with Crippen molar-refractivity contribution in [3.63, 3.8) is 0 Å². The van der Waals surface area contributed by atoms with Gasteiger partial charge in [-0.2, -0.15) is 0 Å². The van der Waals surface area contributed by atoms with Crippen molar-refractivity contribution in [2.75, 3.05) is 13.1 Å². The Morgan fingerprint density at radius 1 is 1.15 bits per heavy atom. The molecule has 0 bridgehead atoms. The molecule has 6 rings (SSSR count). The maximum Gasteiger partial charge on any atom is 0.254 e. The van der Waals surface area contributed by atoms with Crippen LogP contribution in [-0.4, -0.2) is 44.1 Å². The minimum atomic E-state index is -0.0299. The van der Waals surface area contributed by atoms with Crippen molar-refractivity contribution in [2.45, 2.75) is 45.7 Å². The third-order valence-electron chi connectivity index (χ3n) is 7.21. The maximum atomic E-state index is 13.1. The van der Waals surface area contributed by atoms with Crippen LogP contribution in [0.3, 0.4) is 0 Å². The van der Waals surface area contributed by atoms with E-state index in [9.17, 15) is 4.79 Å². The summed E-state index contributed by atoms with van der Waals surface area (Å²) in [5.41, 5.74) is 13.5. The molecule has 1 aliphatic carbocycles. The molecule has 2 aromatic carbocycles. The molecule has 6 nitrogen and oxygen atoms in total. The Balaban J connectivity index is 1.48. The van der Waals surface area contributed by atoms with E-state index in [0.717, 1.165) is 59.1 Å². The molecule has 1 saturated carbocycles. The summed E-state index contributed by atoms with van der Waals surface area (Å²) in [4.78, 5) is 20.1. The van der Waals surface area contributed by atoms with E-state index in [4.69, 9.17) is 10.7 Å². The van der Waals surface area contributed by atoms with E-state index in [1.807, 2.05) is 17.9 Å².